The molecule has 0 spiro atoms. The normalized spacial score (nSPS) is 18.0. The van der Waals surface area contributed by atoms with Crippen LogP contribution in [0.5, 0.6) is 0 Å². The van der Waals surface area contributed by atoms with Crippen molar-refractivity contribution in [3.63, 3.8) is 0 Å². The Kier molecular flexibility index (Phi) is 6.10. The lowest BCUT2D eigenvalue weighted by Crippen LogP contribution is -2.51. The molecular weight excluding hydrogens is 437 g/mol. The highest BCUT2D eigenvalue weighted by Gasteiger charge is 2.32. The lowest BCUT2D eigenvalue weighted by Gasteiger charge is -2.34. The van der Waals surface area contributed by atoms with Gasteiger partial charge in [-0.3, -0.25) is 9.59 Å². The molecule has 3 aromatic rings. The van der Waals surface area contributed by atoms with Crippen LogP contribution < -0.4 is 0 Å². The summed E-state index contributed by atoms with van der Waals surface area (Å²) in [5.74, 6) is -0.432. The van der Waals surface area contributed by atoms with E-state index in [0.29, 0.717) is 44.8 Å². The molecule has 0 bridgehead atoms. The molecule has 34 heavy (non-hydrogen) atoms. The zero-order valence-electron chi connectivity index (χ0n) is 19.0. The maximum Gasteiger partial charge on any atom is 0.276 e. The van der Waals surface area contributed by atoms with Crippen LogP contribution in [0.15, 0.2) is 48.5 Å². The van der Waals surface area contributed by atoms with Gasteiger partial charge in [-0.05, 0) is 30.2 Å². The number of amides is 2. The minimum Gasteiger partial charge on any atom is -0.365 e. The Balaban J connectivity index is 1.18. The zero-order valence-corrected chi connectivity index (χ0v) is 19.0. The second-order valence-corrected chi connectivity index (χ2v) is 8.75. The number of hydrogen-bond acceptors (Lipinski definition) is 5. The highest BCUT2D eigenvalue weighted by molar-refractivity contribution is 5.93. The van der Waals surface area contributed by atoms with Crippen LogP contribution in [0, 0.1) is 12.7 Å². The maximum atomic E-state index is 13.2. The van der Waals surface area contributed by atoms with E-state index in [9.17, 15) is 14.0 Å². The van der Waals surface area contributed by atoms with Gasteiger partial charge in [-0.25, -0.2) is 9.07 Å². The highest BCUT2D eigenvalue weighted by atomic mass is 19.1. The maximum absolute atomic E-state index is 13.2. The van der Waals surface area contributed by atoms with Crippen LogP contribution in [0.2, 0.25) is 0 Å². The third-order valence-corrected chi connectivity index (χ3v) is 6.44. The van der Waals surface area contributed by atoms with E-state index in [2.05, 4.69) is 10.3 Å². The number of aromatic nitrogens is 3. The first-order valence-corrected chi connectivity index (χ1v) is 11.4. The topological polar surface area (TPSA) is 80.6 Å². The number of nitrogens with zero attached hydrogens (tertiary/aromatic N) is 5. The molecule has 2 aromatic carbocycles. The van der Waals surface area contributed by atoms with Gasteiger partial charge in [0.05, 0.1) is 25.3 Å². The van der Waals surface area contributed by atoms with Gasteiger partial charge in [0.25, 0.3) is 5.91 Å². The average Bonchev–Trinajstić information content (AvgIpc) is 3.29. The Morgan fingerprint density at radius 1 is 1.00 bits per heavy atom. The lowest BCUT2D eigenvalue weighted by atomic mass is 10.1. The molecule has 8 nitrogen and oxygen atoms in total. The van der Waals surface area contributed by atoms with Gasteiger partial charge in [-0.2, -0.15) is 0 Å². The van der Waals surface area contributed by atoms with Crippen molar-refractivity contribution in [2.45, 2.75) is 32.6 Å². The quantitative estimate of drug-likeness (QED) is 0.594. The Labute approximate surface area is 196 Å². The summed E-state index contributed by atoms with van der Waals surface area (Å²) in [5, 5.41) is 8.30. The molecule has 176 valence electrons. The van der Waals surface area contributed by atoms with E-state index < -0.39 is 0 Å². The summed E-state index contributed by atoms with van der Waals surface area (Å²) in [6.45, 7) is 4.50. The van der Waals surface area contributed by atoms with Gasteiger partial charge in [0.15, 0.2) is 5.69 Å². The number of rotatable bonds is 4. The Bertz CT molecular complexity index is 1180. The third-order valence-electron chi connectivity index (χ3n) is 6.44. The van der Waals surface area contributed by atoms with E-state index in [1.807, 2.05) is 31.2 Å². The summed E-state index contributed by atoms with van der Waals surface area (Å²) in [5.41, 5.74) is 3.93. The molecule has 1 saturated heterocycles. The number of hydrogen-bond donors (Lipinski definition) is 0. The molecular formula is C25H26FN5O3. The van der Waals surface area contributed by atoms with E-state index in [1.165, 1.54) is 12.1 Å². The Morgan fingerprint density at radius 2 is 1.68 bits per heavy atom. The van der Waals surface area contributed by atoms with E-state index in [0.717, 1.165) is 16.7 Å². The smallest absolute Gasteiger partial charge is 0.276 e. The van der Waals surface area contributed by atoms with Gasteiger partial charge in [-0.1, -0.05) is 47.2 Å². The van der Waals surface area contributed by atoms with E-state index >= 15 is 0 Å². The molecule has 2 aliphatic heterocycles. The van der Waals surface area contributed by atoms with Crippen molar-refractivity contribution in [3.8, 4) is 0 Å². The zero-order chi connectivity index (χ0) is 23.7. The van der Waals surface area contributed by atoms with E-state index in [4.69, 9.17) is 4.74 Å². The standard InChI is InChI=1S/C25H26FN5O3/c1-17-2-4-18(5-3-17)14-23(32)29-10-12-30(13-11-29)25(33)24-21-16-34-22(15-31(21)28-27-24)19-6-8-20(26)9-7-19/h2-9,22H,10-16H2,1H3/t22-/m1/s1. The minimum absolute atomic E-state index is 0.0669. The van der Waals surface area contributed by atoms with Gasteiger partial charge in [0, 0.05) is 26.2 Å². The summed E-state index contributed by atoms with van der Waals surface area (Å²) in [6.07, 6.45) is 0.0834. The molecule has 3 heterocycles. The molecule has 1 aromatic heterocycles. The molecule has 0 radical (unpaired) electrons. The monoisotopic (exact) mass is 463 g/mol. The molecule has 0 N–H and O–H groups in total. The fraction of sp³-hybridized carbons (Fsp3) is 0.360. The number of ether oxygens (including phenoxy) is 1. The van der Waals surface area contributed by atoms with E-state index in [-0.39, 0.29) is 36.0 Å². The van der Waals surface area contributed by atoms with Crippen LogP contribution in [0.3, 0.4) is 0 Å². The van der Waals surface area contributed by atoms with Crippen molar-refractivity contribution in [2.24, 2.45) is 0 Å². The first-order chi connectivity index (χ1) is 16.5. The van der Waals surface area contributed by atoms with Crippen molar-refractivity contribution in [1.29, 1.82) is 0 Å². The predicted molar refractivity (Wildman–Crippen MR) is 121 cm³/mol. The van der Waals surface area contributed by atoms with Crippen LogP contribution in [-0.2, 0) is 29.1 Å². The molecule has 2 amide bonds. The summed E-state index contributed by atoms with van der Waals surface area (Å²) in [6, 6.07) is 14.1. The van der Waals surface area contributed by atoms with Crippen molar-refractivity contribution in [2.75, 3.05) is 26.2 Å². The van der Waals surface area contributed by atoms with Gasteiger partial charge in [-0.15, -0.1) is 5.10 Å². The van der Waals surface area contributed by atoms with Crippen LogP contribution in [0.4, 0.5) is 4.39 Å². The summed E-state index contributed by atoms with van der Waals surface area (Å²) < 4.78 is 20.8. The molecule has 2 aliphatic rings. The van der Waals surface area contributed by atoms with Crippen molar-refractivity contribution >= 4 is 11.8 Å². The largest absolute Gasteiger partial charge is 0.365 e. The SMILES string of the molecule is Cc1ccc(CC(=O)N2CCN(C(=O)c3nnn4c3CO[C@@H](c3ccc(F)cc3)C4)CC2)cc1. The lowest BCUT2D eigenvalue weighted by molar-refractivity contribution is -0.131. The first-order valence-electron chi connectivity index (χ1n) is 11.4. The minimum atomic E-state index is -0.300. The number of aryl methyl sites for hydroxylation is 1. The molecule has 5 rings (SSSR count). The fourth-order valence-corrected chi connectivity index (χ4v) is 4.36. The molecule has 1 atom stereocenters. The van der Waals surface area contributed by atoms with Crippen molar-refractivity contribution in [1.82, 2.24) is 24.8 Å². The number of benzene rings is 2. The van der Waals surface area contributed by atoms with Crippen LogP contribution in [0.25, 0.3) is 0 Å². The predicted octanol–water partition coefficient (Wildman–Crippen LogP) is 2.52. The number of fused-ring (bicyclic) bond motifs is 1. The Hall–Kier alpha value is -3.59. The average molecular weight is 464 g/mol. The fourth-order valence-electron chi connectivity index (χ4n) is 4.36. The third kappa shape index (κ3) is 4.56. The molecule has 9 heteroatoms. The number of piperazine rings is 1. The second kappa shape index (κ2) is 9.34. The Morgan fingerprint density at radius 3 is 2.38 bits per heavy atom. The van der Waals surface area contributed by atoms with Crippen molar-refractivity contribution < 1.29 is 18.7 Å². The van der Waals surface area contributed by atoms with Crippen LogP contribution >= 0.6 is 0 Å². The summed E-state index contributed by atoms with van der Waals surface area (Å²) in [4.78, 5) is 29.3. The number of carbonyl (C=O) groups is 2. The molecule has 1 fully saturated rings. The van der Waals surface area contributed by atoms with Gasteiger partial charge >= 0.3 is 0 Å². The number of carbonyl (C=O) groups excluding carboxylic acids is 2. The van der Waals surface area contributed by atoms with Gasteiger partial charge in [0.1, 0.15) is 11.9 Å². The van der Waals surface area contributed by atoms with Gasteiger partial charge < -0.3 is 14.5 Å². The van der Waals surface area contributed by atoms with E-state index in [1.54, 1.807) is 26.6 Å². The number of halogens is 1. The molecule has 0 saturated carbocycles. The van der Waals surface area contributed by atoms with Crippen LogP contribution in [-0.4, -0.2) is 62.8 Å². The molecule has 0 unspecified atom stereocenters. The second-order valence-electron chi connectivity index (χ2n) is 8.75. The summed E-state index contributed by atoms with van der Waals surface area (Å²) in [7, 11) is 0. The highest BCUT2D eigenvalue weighted by Crippen LogP contribution is 2.27. The summed E-state index contributed by atoms with van der Waals surface area (Å²) >= 11 is 0. The van der Waals surface area contributed by atoms with Gasteiger partial charge in [0.2, 0.25) is 5.91 Å². The first kappa shape index (κ1) is 22.2. The van der Waals surface area contributed by atoms with Crippen molar-refractivity contribution in [3.05, 3.63) is 82.4 Å². The van der Waals surface area contributed by atoms with Crippen LogP contribution in [0.1, 0.15) is 39.0 Å². The molecule has 0 aliphatic carbocycles.